The maximum absolute atomic E-state index is 14.4. The molecule has 1 N–H and O–H groups in total. The topological polar surface area (TPSA) is 64.0 Å². The summed E-state index contributed by atoms with van der Waals surface area (Å²) in [5, 5.41) is 3.48. The molecule has 0 saturated carbocycles. The van der Waals surface area contributed by atoms with E-state index in [0.29, 0.717) is 27.2 Å². The summed E-state index contributed by atoms with van der Waals surface area (Å²) in [5.74, 6) is -1.44. The predicted molar refractivity (Wildman–Crippen MR) is 116 cm³/mol. The normalized spacial score (nSPS) is 11.0. The van der Waals surface area contributed by atoms with Gasteiger partial charge in [-0.3, -0.25) is 9.36 Å². The fourth-order valence-corrected chi connectivity index (χ4v) is 3.54. The minimum absolute atomic E-state index is 0.145. The van der Waals surface area contributed by atoms with Gasteiger partial charge < -0.3 is 5.32 Å². The van der Waals surface area contributed by atoms with Crippen LogP contribution in [0.1, 0.15) is 5.56 Å². The van der Waals surface area contributed by atoms with Crippen molar-refractivity contribution in [3.8, 4) is 11.3 Å². The number of hydrogen-bond acceptors (Lipinski definition) is 3. The molecular formula is C23H16ClF2N3O2. The van der Waals surface area contributed by atoms with Crippen molar-refractivity contribution < 1.29 is 13.6 Å². The highest BCUT2D eigenvalue weighted by molar-refractivity contribution is 6.31. The van der Waals surface area contributed by atoms with Gasteiger partial charge in [0.05, 0.1) is 11.2 Å². The summed E-state index contributed by atoms with van der Waals surface area (Å²) in [6.45, 7) is 1.32. The number of hydrogen-bond donors (Lipinski definition) is 1. The number of aryl methyl sites for hydroxylation is 1. The summed E-state index contributed by atoms with van der Waals surface area (Å²) in [6.07, 6.45) is 0. The zero-order chi connectivity index (χ0) is 22.1. The van der Waals surface area contributed by atoms with Gasteiger partial charge in [0.2, 0.25) is 5.91 Å². The molecule has 0 aliphatic carbocycles. The Morgan fingerprint density at radius 3 is 2.61 bits per heavy atom. The van der Waals surface area contributed by atoms with Crippen LogP contribution in [-0.4, -0.2) is 15.5 Å². The molecule has 1 heterocycles. The van der Waals surface area contributed by atoms with E-state index in [1.54, 1.807) is 31.2 Å². The maximum atomic E-state index is 14.4. The molecule has 8 heteroatoms. The summed E-state index contributed by atoms with van der Waals surface area (Å²) >= 11 is 6.13. The molecule has 0 aliphatic rings. The second-order valence-electron chi connectivity index (χ2n) is 6.98. The quantitative estimate of drug-likeness (QED) is 0.489. The van der Waals surface area contributed by atoms with Crippen molar-refractivity contribution in [2.24, 2.45) is 0 Å². The Balaban J connectivity index is 1.78. The Kier molecular flexibility index (Phi) is 5.52. The number of carbonyl (C=O) groups excluding carboxylic acids is 1. The highest BCUT2D eigenvalue weighted by Crippen LogP contribution is 2.29. The van der Waals surface area contributed by atoms with E-state index in [1.807, 2.05) is 0 Å². The van der Waals surface area contributed by atoms with Crippen LogP contribution in [-0.2, 0) is 11.3 Å². The summed E-state index contributed by atoms with van der Waals surface area (Å²) < 4.78 is 28.9. The van der Waals surface area contributed by atoms with Crippen molar-refractivity contribution in [1.29, 1.82) is 0 Å². The van der Waals surface area contributed by atoms with Gasteiger partial charge in [-0.15, -0.1) is 0 Å². The van der Waals surface area contributed by atoms with Gasteiger partial charge in [0.1, 0.15) is 18.2 Å². The van der Waals surface area contributed by atoms with Crippen LogP contribution in [0.25, 0.3) is 22.2 Å². The number of amides is 1. The van der Waals surface area contributed by atoms with Gasteiger partial charge in [-0.25, -0.2) is 13.6 Å². The minimum Gasteiger partial charge on any atom is -0.324 e. The molecule has 0 saturated heterocycles. The zero-order valence-electron chi connectivity index (χ0n) is 16.3. The predicted octanol–water partition coefficient (Wildman–Crippen LogP) is 4.94. The van der Waals surface area contributed by atoms with Gasteiger partial charge >= 0.3 is 5.69 Å². The second-order valence-corrected chi connectivity index (χ2v) is 7.41. The first-order valence-corrected chi connectivity index (χ1v) is 9.72. The highest BCUT2D eigenvalue weighted by Gasteiger charge is 2.17. The highest BCUT2D eigenvalue weighted by atomic mass is 35.5. The van der Waals surface area contributed by atoms with Gasteiger partial charge in [-0.1, -0.05) is 23.7 Å². The van der Waals surface area contributed by atoms with Gasteiger partial charge in [0.25, 0.3) is 0 Å². The van der Waals surface area contributed by atoms with Gasteiger partial charge in [-0.2, -0.15) is 4.98 Å². The smallest absolute Gasteiger partial charge is 0.324 e. The fourth-order valence-electron chi connectivity index (χ4n) is 3.36. The third kappa shape index (κ3) is 4.18. The minimum atomic E-state index is -0.709. The number of anilines is 1. The average molecular weight is 440 g/mol. The van der Waals surface area contributed by atoms with E-state index in [-0.39, 0.29) is 17.8 Å². The summed E-state index contributed by atoms with van der Waals surface area (Å²) in [4.78, 5) is 29.4. The van der Waals surface area contributed by atoms with E-state index < -0.39 is 23.2 Å². The lowest BCUT2D eigenvalue weighted by molar-refractivity contribution is -0.116. The molecule has 0 radical (unpaired) electrons. The molecule has 0 unspecified atom stereocenters. The fraction of sp³-hybridized carbons (Fsp3) is 0.0870. The first kappa shape index (κ1) is 20.7. The molecule has 4 rings (SSSR count). The number of carbonyl (C=O) groups is 1. The molecule has 3 aromatic carbocycles. The summed E-state index contributed by atoms with van der Waals surface area (Å²) in [7, 11) is 0. The molecule has 4 aromatic rings. The number of nitrogens with zero attached hydrogens (tertiary/aromatic N) is 2. The van der Waals surface area contributed by atoms with E-state index >= 15 is 0 Å². The van der Waals surface area contributed by atoms with E-state index in [9.17, 15) is 18.4 Å². The number of benzene rings is 3. The van der Waals surface area contributed by atoms with Crippen molar-refractivity contribution in [1.82, 2.24) is 9.55 Å². The average Bonchev–Trinajstić information content (AvgIpc) is 2.72. The molecule has 0 bridgehead atoms. The molecule has 0 fully saturated rings. The summed E-state index contributed by atoms with van der Waals surface area (Å²) in [6, 6.07) is 14.7. The van der Waals surface area contributed by atoms with Crippen LogP contribution in [0.4, 0.5) is 14.5 Å². The lowest BCUT2D eigenvalue weighted by atomic mass is 10.1. The molecule has 1 amide bonds. The van der Waals surface area contributed by atoms with Gasteiger partial charge in [0, 0.05) is 21.7 Å². The van der Waals surface area contributed by atoms with Crippen LogP contribution in [0, 0.1) is 18.6 Å². The number of halogens is 3. The van der Waals surface area contributed by atoms with Crippen LogP contribution in [0.2, 0.25) is 5.02 Å². The van der Waals surface area contributed by atoms with Crippen LogP contribution >= 0.6 is 11.6 Å². The number of fused-ring (bicyclic) bond motifs is 1. The van der Waals surface area contributed by atoms with Crippen LogP contribution in [0.15, 0.2) is 65.5 Å². The maximum Gasteiger partial charge on any atom is 0.349 e. The Morgan fingerprint density at radius 2 is 1.87 bits per heavy atom. The van der Waals surface area contributed by atoms with Crippen LogP contribution in [0.3, 0.4) is 0 Å². The molecule has 31 heavy (non-hydrogen) atoms. The number of aromatic nitrogens is 2. The van der Waals surface area contributed by atoms with Crippen molar-refractivity contribution in [3.05, 3.63) is 93.4 Å². The molecule has 0 spiro atoms. The first-order chi connectivity index (χ1) is 14.8. The van der Waals surface area contributed by atoms with Crippen molar-refractivity contribution in [2.75, 3.05) is 5.32 Å². The van der Waals surface area contributed by atoms with Crippen molar-refractivity contribution >= 4 is 34.1 Å². The Labute approximate surface area is 180 Å². The van der Waals surface area contributed by atoms with Gasteiger partial charge in [-0.05, 0) is 61.0 Å². The standard InChI is InChI=1S/C23H16ClF2N3O2/c1-13-10-15(25)7-8-19(13)27-21(30)12-29-20-9-6-14(24)11-17(20)22(28-23(29)31)16-4-2-3-5-18(16)26/h2-11H,12H2,1H3,(H,27,30). The Hall–Kier alpha value is -3.58. The third-order valence-electron chi connectivity index (χ3n) is 4.84. The molecule has 156 valence electrons. The van der Waals surface area contributed by atoms with E-state index in [0.717, 1.165) is 0 Å². The van der Waals surface area contributed by atoms with Gasteiger partial charge in [0.15, 0.2) is 0 Å². The summed E-state index contributed by atoms with van der Waals surface area (Å²) in [5.41, 5.74) is 0.956. The molecule has 1 aromatic heterocycles. The molecule has 5 nitrogen and oxygen atoms in total. The number of rotatable bonds is 4. The first-order valence-electron chi connectivity index (χ1n) is 9.34. The largest absolute Gasteiger partial charge is 0.349 e. The van der Waals surface area contributed by atoms with Crippen molar-refractivity contribution in [3.63, 3.8) is 0 Å². The molecular weight excluding hydrogens is 424 g/mol. The van der Waals surface area contributed by atoms with E-state index in [4.69, 9.17) is 11.6 Å². The lowest BCUT2D eigenvalue weighted by Gasteiger charge is -2.14. The Morgan fingerprint density at radius 1 is 1.10 bits per heavy atom. The zero-order valence-corrected chi connectivity index (χ0v) is 17.1. The van der Waals surface area contributed by atoms with Crippen LogP contribution in [0.5, 0.6) is 0 Å². The SMILES string of the molecule is Cc1cc(F)ccc1NC(=O)Cn1c(=O)nc(-c2ccccc2F)c2cc(Cl)ccc21. The van der Waals surface area contributed by atoms with Crippen LogP contribution < -0.4 is 11.0 Å². The number of nitrogens with one attached hydrogen (secondary N) is 1. The van der Waals surface area contributed by atoms with Crippen molar-refractivity contribution in [2.45, 2.75) is 13.5 Å². The lowest BCUT2D eigenvalue weighted by Crippen LogP contribution is -2.30. The second kappa shape index (κ2) is 8.28. The van der Waals surface area contributed by atoms with E-state index in [2.05, 4.69) is 10.3 Å². The Bertz CT molecular complexity index is 1390. The molecule has 0 aliphatic heterocycles. The molecule has 0 atom stereocenters. The van der Waals surface area contributed by atoms with E-state index in [1.165, 1.54) is 41.0 Å². The third-order valence-corrected chi connectivity index (χ3v) is 5.07. The monoisotopic (exact) mass is 439 g/mol.